The van der Waals surface area contributed by atoms with E-state index in [4.69, 9.17) is 5.26 Å². The van der Waals surface area contributed by atoms with E-state index >= 15 is 0 Å². The summed E-state index contributed by atoms with van der Waals surface area (Å²) < 4.78 is 2.14. The maximum absolute atomic E-state index is 9.16. The lowest BCUT2D eigenvalue weighted by Gasteiger charge is -2.16. The van der Waals surface area contributed by atoms with Crippen molar-refractivity contribution in [2.24, 2.45) is 0 Å². The maximum atomic E-state index is 9.16. The lowest BCUT2D eigenvalue weighted by Crippen LogP contribution is -2.28. The molecule has 3 rings (SSSR count). The summed E-state index contributed by atoms with van der Waals surface area (Å²) in [7, 11) is 0. The van der Waals surface area contributed by atoms with Crippen molar-refractivity contribution in [3.05, 3.63) is 29.6 Å². The van der Waals surface area contributed by atoms with Crippen molar-refractivity contribution in [1.29, 1.82) is 5.26 Å². The van der Waals surface area contributed by atoms with E-state index in [0.29, 0.717) is 0 Å². The molecule has 74 valence electrons. The van der Waals surface area contributed by atoms with Crippen molar-refractivity contribution >= 4 is 11.0 Å². The van der Waals surface area contributed by atoms with Crippen LogP contribution in [-0.4, -0.2) is 16.1 Å². The molecule has 0 radical (unpaired) electrons. The molecule has 2 aromatic rings. The normalized spacial score (nSPS) is 14.9. The summed E-state index contributed by atoms with van der Waals surface area (Å²) in [5.74, 6) is 0. The van der Waals surface area contributed by atoms with Crippen LogP contribution in [0.5, 0.6) is 0 Å². The fraction of sp³-hybridized carbons (Fsp3) is 0.273. The highest BCUT2D eigenvalue weighted by Crippen LogP contribution is 2.25. The second kappa shape index (κ2) is 3.07. The molecule has 2 aromatic heterocycles. The number of nitriles is 1. The van der Waals surface area contributed by atoms with Gasteiger partial charge in [-0.15, -0.1) is 0 Å². The highest BCUT2D eigenvalue weighted by molar-refractivity contribution is 5.85. The molecule has 0 fully saturated rings. The number of hydrogen-bond acceptors (Lipinski definition) is 3. The summed E-state index contributed by atoms with van der Waals surface area (Å²) in [6.45, 7) is 2.60. The fourth-order valence-electron chi connectivity index (χ4n) is 2.17. The minimum absolute atomic E-state index is 0.763. The Labute approximate surface area is 87.1 Å². The molecule has 0 amide bonds. The molecule has 1 aliphatic rings. The van der Waals surface area contributed by atoms with Gasteiger partial charge in [-0.1, -0.05) is 0 Å². The average Bonchev–Trinajstić information content (AvgIpc) is 2.63. The fourth-order valence-corrected chi connectivity index (χ4v) is 2.17. The molecular weight excluding hydrogens is 188 g/mol. The molecule has 15 heavy (non-hydrogen) atoms. The number of rotatable bonds is 0. The van der Waals surface area contributed by atoms with E-state index in [1.165, 1.54) is 0 Å². The van der Waals surface area contributed by atoms with E-state index in [1.54, 1.807) is 6.20 Å². The maximum Gasteiger partial charge on any atom is 0.141 e. The van der Waals surface area contributed by atoms with E-state index in [-0.39, 0.29) is 0 Å². The third-order valence-electron chi connectivity index (χ3n) is 2.84. The van der Waals surface area contributed by atoms with Crippen LogP contribution in [0.15, 0.2) is 18.3 Å². The van der Waals surface area contributed by atoms with Gasteiger partial charge in [-0.25, -0.2) is 4.98 Å². The molecule has 1 aliphatic heterocycles. The average molecular weight is 198 g/mol. The van der Waals surface area contributed by atoms with E-state index in [0.717, 1.165) is 41.9 Å². The van der Waals surface area contributed by atoms with Gasteiger partial charge in [0, 0.05) is 31.2 Å². The Kier molecular flexibility index (Phi) is 1.73. The van der Waals surface area contributed by atoms with E-state index in [1.807, 2.05) is 12.1 Å². The van der Waals surface area contributed by atoms with Crippen LogP contribution >= 0.6 is 0 Å². The zero-order valence-electron chi connectivity index (χ0n) is 8.20. The summed E-state index contributed by atoms with van der Waals surface area (Å²) in [6.07, 6.45) is 1.78. The predicted octanol–water partition coefficient (Wildman–Crippen LogP) is 1.01. The molecule has 0 saturated carbocycles. The Morgan fingerprint density at radius 2 is 2.47 bits per heavy atom. The van der Waals surface area contributed by atoms with Crippen LogP contribution in [0.2, 0.25) is 0 Å². The second-order valence-corrected chi connectivity index (χ2v) is 3.64. The van der Waals surface area contributed by atoms with Gasteiger partial charge in [0.05, 0.1) is 11.3 Å². The van der Waals surface area contributed by atoms with Gasteiger partial charge in [-0.2, -0.15) is 5.26 Å². The first-order valence-corrected chi connectivity index (χ1v) is 4.98. The highest BCUT2D eigenvalue weighted by atomic mass is 15.1. The van der Waals surface area contributed by atoms with Crippen molar-refractivity contribution in [1.82, 2.24) is 14.9 Å². The van der Waals surface area contributed by atoms with Gasteiger partial charge in [0.15, 0.2) is 0 Å². The van der Waals surface area contributed by atoms with Gasteiger partial charge in [0.2, 0.25) is 0 Å². The van der Waals surface area contributed by atoms with E-state index in [2.05, 4.69) is 20.9 Å². The molecule has 1 N–H and O–H groups in total. The van der Waals surface area contributed by atoms with E-state index < -0.39 is 0 Å². The molecule has 3 heterocycles. The van der Waals surface area contributed by atoms with Crippen LogP contribution in [0, 0.1) is 11.3 Å². The quantitative estimate of drug-likeness (QED) is 0.687. The Morgan fingerprint density at radius 3 is 3.33 bits per heavy atom. The van der Waals surface area contributed by atoms with Crippen molar-refractivity contribution in [2.75, 3.05) is 6.54 Å². The zero-order valence-corrected chi connectivity index (χ0v) is 8.20. The van der Waals surface area contributed by atoms with Crippen LogP contribution < -0.4 is 5.32 Å². The molecule has 0 bridgehead atoms. The number of pyridine rings is 1. The minimum atomic E-state index is 0.763. The van der Waals surface area contributed by atoms with Crippen molar-refractivity contribution in [3.8, 4) is 6.07 Å². The Balaban J connectivity index is 2.44. The lowest BCUT2D eigenvalue weighted by atomic mass is 10.2. The van der Waals surface area contributed by atoms with Crippen molar-refractivity contribution < 1.29 is 0 Å². The van der Waals surface area contributed by atoms with Crippen LogP contribution in [0.25, 0.3) is 11.0 Å². The smallest absolute Gasteiger partial charge is 0.141 e. The Hall–Kier alpha value is -1.86. The first-order chi connectivity index (χ1) is 7.42. The van der Waals surface area contributed by atoms with Crippen LogP contribution in [-0.2, 0) is 13.1 Å². The molecule has 0 unspecified atom stereocenters. The van der Waals surface area contributed by atoms with Gasteiger partial charge in [-0.05, 0) is 12.1 Å². The lowest BCUT2D eigenvalue weighted by molar-refractivity contribution is 0.523. The largest absolute Gasteiger partial charge is 0.326 e. The van der Waals surface area contributed by atoms with Crippen LogP contribution in [0.1, 0.15) is 11.3 Å². The monoisotopic (exact) mass is 198 g/mol. The number of nitrogens with one attached hydrogen (secondary N) is 1. The van der Waals surface area contributed by atoms with Gasteiger partial charge in [-0.3, -0.25) is 0 Å². The summed E-state index contributed by atoms with van der Waals surface area (Å²) in [6, 6.07) is 6.12. The third kappa shape index (κ3) is 1.07. The standard InChI is InChI=1S/C11H10N4/c12-6-9-8-2-1-3-14-11(8)15-5-4-13-7-10(9)15/h1-3,13H,4-5,7H2. The first-order valence-electron chi connectivity index (χ1n) is 4.98. The van der Waals surface area contributed by atoms with Gasteiger partial charge >= 0.3 is 0 Å². The summed E-state index contributed by atoms with van der Waals surface area (Å²) >= 11 is 0. The summed E-state index contributed by atoms with van der Waals surface area (Å²) in [5.41, 5.74) is 2.77. The second-order valence-electron chi connectivity index (χ2n) is 3.64. The predicted molar refractivity (Wildman–Crippen MR) is 56.2 cm³/mol. The highest BCUT2D eigenvalue weighted by Gasteiger charge is 2.19. The van der Waals surface area contributed by atoms with Gasteiger partial charge in [0.25, 0.3) is 0 Å². The van der Waals surface area contributed by atoms with Crippen LogP contribution in [0.3, 0.4) is 0 Å². The van der Waals surface area contributed by atoms with Gasteiger partial charge in [0.1, 0.15) is 11.7 Å². The van der Waals surface area contributed by atoms with Crippen molar-refractivity contribution in [2.45, 2.75) is 13.1 Å². The third-order valence-corrected chi connectivity index (χ3v) is 2.84. The summed E-state index contributed by atoms with van der Waals surface area (Å²) in [5, 5.41) is 13.4. The van der Waals surface area contributed by atoms with Crippen molar-refractivity contribution in [3.63, 3.8) is 0 Å². The summed E-state index contributed by atoms with van der Waals surface area (Å²) in [4.78, 5) is 4.35. The number of fused-ring (bicyclic) bond motifs is 3. The number of aromatic nitrogens is 2. The Morgan fingerprint density at radius 1 is 1.53 bits per heavy atom. The molecule has 0 aliphatic carbocycles. The molecule has 0 spiro atoms. The number of nitrogens with zero attached hydrogens (tertiary/aromatic N) is 3. The number of hydrogen-bond donors (Lipinski definition) is 1. The van der Waals surface area contributed by atoms with Crippen LogP contribution in [0.4, 0.5) is 0 Å². The first kappa shape index (κ1) is 8.45. The molecule has 0 aromatic carbocycles. The molecule has 4 heteroatoms. The molecular formula is C11H10N4. The molecule has 0 saturated heterocycles. The topological polar surface area (TPSA) is 53.6 Å². The van der Waals surface area contributed by atoms with Gasteiger partial charge < -0.3 is 9.88 Å². The Bertz CT molecular complexity index is 562. The minimum Gasteiger partial charge on any atom is -0.326 e. The van der Waals surface area contributed by atoms with E-state index in [9.17, 15) is 0 Å². The molecule has 0 atom stereocenters. The SMILES string of the molecule is N#Cc1c2n(c3ncccc13)CCNC2. The zero-order chi connectivity index (χ0) is 10.3. The molecule has 4 nitrogen and oxygen atoms in total.